The number of aliphatic carboxylic acids is 1. The molecule has 1 aliphatic heterocycles. The average Bonchev–Trinajstić information content (AvgIpc) is 2.83. The van der Waals surface area contributed by atoms with Crippen LogP contribution in [0.1, 0.15) is 18.9 Å². The number of hydrogen-bond acceptors (Lipinski definition) is 10. The van der Waals surface area contributed by atoms with E-state index < -0.39 is 61.1 Å². The smallest absolute Gasteiger partial charge is 0.544 e. The molecule has 3 rings (SSSR count). The van der Waals surface area contributed by atoms with Crippen molar-refractivity contribution in [2.24, 2.45) is 0 Å². The summed E-state index contributed by atoms with van der Waals surface area (Å²) in [5, 5.41) is 54.7. The van der Waals surface area contributed by atoms with Crippen LogP contribution in [0.25, 0.3) is 0 Å². The minimum Gasteiger partial charge on any atom is -0.544 e. The second-order valence-corrected chi connectivity index (χ2v) is 8.21. The van der Waals surface area contributed by atoms with Crippen molar-refractivity contribution in [3.05, 3.63) is 60.2 Å². The molecule has 11 nitrogen and oxygen atoms in total. The van der Waals surface area contributed by atoms with Gasteiger partial charge in [-0.25, -0.2) is 0 Å². The van der Waals surface area contributed by atoms with Crippen LogP contribution in [0, 0.1) is 0 Å². The Morgan fingerprint density at radius 1 is 1.17 bits per heavy atom. The molecule has 1 amide bonds. The van der Waals surface area contributed by atoms with Crippen LogP contribution in [0.5, 0.6) is 11.5 Å². The minimum absolute atomic E-state index is 0. The normalized spacial score (nSPS) is 25.2. The van der Waals surface area contributed by atoms with Crippen LogP contribution in [-0.2, 0) is 25.7 Å². The zero-order valence-electron chi connectivity index (χ0n) is 19.9. The van der Waals surface area contributed by atoms with Crippen LogP contribution in [0.3, 0.4) is 0 Å². The van der Waals surface area contributed by atoms with E-state index in [0.29, 0.717) is 17.1 Å². The Balaban J connectivity index is 0.00000456. The second-order valence-electron chi connectivity index (χ2n) is 8.21. The largest absolute Gasteiger partial charge is 1.00 e. The average molecular weight is 513 g/mol. The van der Waals surface area contributed by atoms with Gasteiger partial charge in [-0.3, -0.25) is 4.79 Å². The maximum Gasteiger partial charge on any atom is 1.00 e. The molecular formula is C24H28NNaO10. The SMILES string of the molecule is CC(=O)N[C@H]1[C@H]([C@@H](O)[C@H](O)CO)O[C@](OCc2cccc(Oc3ccccc3)c2)(C(=O)[O-])C[C@@H]1O.[Na+]. The van der Waals surface area contributed by atoms with Crippen molar-refractivity contribution in [3.8, 4) is 11.5 Å². The fourth-order valence-corrected chi connectivity index (χ4v) is 3.79. The molecule has 36 heavy (non-hydrogen) atoms. The van der Waals surface area contributed by atoms with Crippen LogP contribution < -0.4 is 44.7 Å². The van der Waals surface area contributed by atoms with Gasteiger partial charge in [0.2, 0.25) is 11.7 Å². The molecule has 5 N–H and O–H groups in total. The third-order valence-corrected chi connectivity index (χ3v) is 5.52. The fourth-order valence-electron chi connectivity index (χ4n) is 3.79. The van der Waals surface area contributed by atoms with E-state index in [1.54, 1.807) is 36.4 Å². The Hall–Kier alpha value is -2.06. The predicted octanol–water partition coefficient (Wildman–Crippen LogP) is -4.19. The number of amides is 1. The number of carbonyl (C=O) groups excluding carboxylic acids is 2. The molecule has 6 atom stereocenters. The molecule has 0 radical (unpaired) electrons. The molecule has 0 bridgehead atoms. The third kappa shape index (κ3) is 7.48. The summed E-state index contributed by atoms with van der Waals surface area (Å²) < 4.78 is 16.9. The molecule has 1 fully saturated rings. The topological polar surface area (TPSA) is 178 Å². The quantitative estimate of drug-likeness (QED) is 0.196. The van der Waals surface area contributed by atoms with Gasteiger partial charge in [0.05, 0.1) is 25.4 Å². The van der Waals surface area contributed by atoms with Crippen molar-refractivity contribution >= 4 is 11.9 Å². The molecule has 0 unspecified atom stereocenters. The number of ether oxygens (including phenoxy) is 3. The summed E-state index contributed by atoms with van der Waals surface area (Å²) in [6.45, 7) is -0.0274. The van der Waals surface area contributed by atoms with Gasteiger partial charge in [0.25, 0.3) is 0 Å². The summed E-state index contributed by atoms with van der Waals surface area (Å²) in [7, 11) is 0. The molecule has 1 aliphatic rings. The van der Waals surface area contributed by atoms with Crippen molar-refractivity contribution in [3.63, 3.8) is 0 Å². The number of carboxylic acid groups (broad SMARTS) is 1. The van der Waals surface area contributed by atoms with E-state index in [0.717, 1.165) is 6.92 Å². The van der Waals surface area contributed by atoms with E-state index in [1.807, 2.05) is 18.2 Å². The van der Waals surface area contributed by atoms with Crippen LogP contribution in [-0.4, -0.2) is 75.2 Å². The molecule has 190 valence electrons. The van der Waals surface area contributed by atoms with E-state index in [4.69, 9.17) is 14.2 Å². The van der Waals surface area contributed by atoms with Gasteiger partial charge in [0, 0.05) is 13.3 Å². The molecule has 0 aliphatic carbocycles. The van der Waals surface area contributed by atoms with E-state index in [1.165, 1.54) is 0 Å². The van der Waals surface area contributed by atoms with Gasteiger partial charge < -0.3 is 49.9 Å². The first-order valence-corrected chi connectivity index (χ1v) is 10.9. The molecule has 2 aromatic carbocycles. The van der Waals surface area contributed by atoms with Gasteiger partial charge in [-0.1, -0.05) is 30.3 Å². The predicted molar refractivity (Wildman–Crippen MR) is 118 cm³/mol. The first-order valence-electron chi connectivity index (χ1n) is 10.9. The van der Waals surface area contributed by atoms with Crippen molar-refractivity contribution in [2.75, 3.05) is 6.61 Å². The Bertz CT molecular complexity index is 1010. The monoisotopic (exact) mass is 513 g/mol. The molecule has 0 spiro atoms. The summed E-state index contributed by atoms with van der Waals surface area (Å²) in [5.74, 6) is -3.88. The number of aliphatic hydroxyl groups is 4. The number of rotatable bonds is 10. The van der Waals surface area contributed by atoms with Crippen molar-refractivity contribution < 1.29 is 78.9 Å². The Morgan fingerprint density at radius 2 is 1.83 bits per heavy atom. The van der Waals surface area contributed by atoms with Gasteiger partial charge in [-0.2, -0.15) is 0 Å². The van der Waals surface area contributed by atoms with Crippen LogP contribution in [0.2, 0.25) is 0 Å². The fraction of sp³-hybridized carbons (Fsp3) is 0.417. The Kier molecular flexibility index (Phi) is 11.3. The molecule has 2 aromatic rings. The molecular weight excluding hydrogens is 485 g/mol. The van der Waals surface area contributed by atoms with E-state index in [9.17, 15) is 35.1 Å². The maximum atomic E-state index is 12.1. The van der Waals surface area contributed by atoms with Gasteiger partial charge in [-0.15, -0.1) is 0 Å². The zero-order chi connectivity index (χ0) is 25.6. The molecule has 1 heterocycles. The van der Waals surface area contributed by atoms with Crippen molar-refractivity contribution in [1.82, 2.24) is 5.32 Å². The first-order chi connectivity index (χ1) is 16.6. The first kappa shape index (κ1) is 30.2. The zero-order valence-corrected chi connectivity index (χ0v) is 21.9. The Labute approximate surface area is 229 Å². The van der Waals surface area contributed by atoms with Crippen LogP contribution in [0.15, 0.2) is 54.6 Å². The molecule has 0 aromatic heterocycles. The van der Waals surface area contributed by atoms with Gasteiger partial charge in [0.1, 0.15) is 35.8 Å². The van der Waals surface area contributed by atoms with E-state index in [2.05, 4.69) is 5.32 Å². The summed E-state index contributed by atoms with van der Waals surface area (Å²) >= 11 is 0. The number of benzene rings is 2. The summed E-state index contributed by atoms with van der Waals surface area (Å²) in [6.07, 6.45) is -7.44. The maximum absolute atomic E-state index is 12.1. The molecule has 1 saturated heterocycles. The van der Waals surface area contributed by atoms with Crippen molar-refractivity contribution in [1.29, 1.82) is 0 Å². The van der Waals surface area contributed by atoms with Crippen molar-refractivity contribution in [2.45, 2.75) is 56.2 Å². The van der Waals surface area contributed by atoms with Gasteiger partial charge in [0.15, 0.2) is 0 Å². The Morgan fingerprint density at radius 3 is 2.44 bits per heavy atom. The number of nitrogens with one attached hydrogen (secondary N) is 1. The van der Waals surface area contributed by atoms with Crippen LogP contribution >= 0.6 is 0 Å². The standard InChI is InChI=1S/C24H29NO10.Na/c1-14(27)25-20-18(28)11-24(23(31)32,35-22(20)21(30)19(29)12-26)33-13-15-6-5-9-17(10-15)34-16-7-3-2-4-8-16;/h2-10,18-22,26,28-30H,11-13H2,1H3,(H,25,27)(H,31,32);/q;+1/p-1/t18-,19+,20+,21-,22+,24-;/m0./s1. The number of aliphatic hydroxyl groups excluding tert-OH is 4. The number of carboxylic acids is 1. The minimum atomic E-state index is -2.52. The molecule has 12 heteroatoms. The summed E-state index contributed by atoms with van der Waals surface area (Å²) in [6, 6.07) is 14.4. The third-order valence-electron chi connectivity index (χ3n) is 5.52. The second kappa shape index (κ2) is 13.5. The van der Waals surface area contributed by atoms with E-state index >= 15 is 0 Å². The summed E-state index contributed by atoms with van der Waals surface area (Å²) in [5.41, 5.74) is 0.508. The number of para-hydroxylation sites is 1. The van der Waals surface area contributed by atoms with Gasteiger partial charge in [-0.05, 0) is 29.8 Å². The number of hydrogen-bond donors (Lipinski definition) is 5. The molecule has 0 saturated carbocycles. The van der Waals surface area contributed by atoms with Crippen LogP contribution in [0.4, 0.5) is 0 Å². The van der Waals surface area contributed by atoms with Gasteiger partial charge >= 0.3 is 29.6 Å². The van der Waals surface area contributed by atoms with E-state index in [-0.39, 0.29) is 36.2 Å². The number of carbonyl (C=O) groups is 2. The summed E-state index contributed by atoms with van der Waals surface area (Å²) in [4.78, 5) is 23.7.